The summed E-state index contributed by atoms with van der Waals surface area (Å²) in [6, 6.07) is 17.6. The van der Waals surface area contributed by atoms with E-state index >= 15 is 0 Å². The van der Waals surface area contributed by atoms with Crippen LogP contribution < -0.4 is 10.2 Å². The molecule has 0 aromatic heterocycles. The third-order valence-corrected chi connectivity index (χ3v) is 6.88. The van der Waals surface area contributed by atoms with Gasteiger partial charge < -0.3 is 10.1 Å². The van der Waals surface area contributed by atoms with Crippen molar-refractivity contribution in [3.05, 3.63) is 65.7 Å². The van der Waals surface area contributed by atoms with Crippen LogP contribution in [0.3, 0.4) is 0 Å². The highest BCUT2D eigenvalue weighted by Crippen LogP contribution is 2.46. The number of nitrogens with zero attached hydrogens (tertiary/aromatic N) is 2. The van der Waals surface area contributed by atoms with Crippen molar-refractivity contribution in [3.8, 4) is 0 Å². The normalized spacial score (nSPS) is 26.1. The van der Waals surface area contributed by atoms with Crippen molar-refractivity contribution >= 4 is 17.7 Å². The maximum atomic E-state index is 12.8. The second-order valence-electron chi connectivity index (χ2n) is 8.63. The fourth-order valence-electron chi connectivity index (χ4n) is 4.98. The van der Waals surface area contributed by atoms with Crippen LogP contribution in [0.25, 0.3) is 0 Å². The number of ether oxygens (including phenoxy) is 1. The van der Waals surface area contributed by atoms with Crippen molar-refractivity contribution in [2.75, 3.05) is 32.6 Å². The summed E-state index contributed by atoms with van der Waals surface area (Å²) < 4.78 is 4.75. The predicted octanol–water partition coefficient (Wildman–Crippen LogP) is 3.77. The van der Waals surface area contributed by atoms with E-state index in [0.717, 1.165) is 31.4 Å². The number of methoxy groups -OCH3 is 1. The molecular formula is C24H29N3O3. The zero-order valence-corrected chi connectivity index (χ0v) is 17.9. The number of rotatable bonds is 4. The number of carbonyl (C=O) groups excluding carboxylic acids is 2. The van der Waals surface area contributed by atoms with Gasteiger partial charge in [-0.25, -0.2) is 9.59 Å². The zero-order valence-electron chi connectivity index (χ0n) is 17.9. The summed E-state index contributed by atoms with van der Waals surface area (Å²) >= 11 is 0. The highest BCUT2D eigenvalue weighted by atomic mass is 16.5. The molecule has 1 saturated heterocycles. The number of hydrogen-bond donors (Lipinski definition) is 1. The first-order valence-electron chi connectivity index (χ1n) is 10.4. The number of urea groups is 1. The van der Waals surface area contributed by atoms with Gasteiger partial charge in [0, 0.05) is 11.2 Å². The van der Waals surface area contributed by atoms with Crippen molar-refractivity contribution in [1.82, 2.24) is 10.2 Å². The predicted molar refractivity (Wildman–Crippen MR) is 117 cm³/mol. The molecule has 1 N–H and O–H groups in total. The zero-order chi connectivity index (χ0) is 21.4. The standard InChI is InChI=1S/C24H29N3O3/c1-26(2)24(19-7-5-4-6-8-19)15-13-23(14-16-24)17-27(22(29)25-23)20-11-9-18(10-12-20)21(28)30-3/h4-12H,13-17H2,1-3H3,(H,25,29). The van der Waals surface area contributed by atoms with E-state index in [2.05, 4.69) is 54.6 Å². The molecular weight excluding hydrogens is 378 g/mol. The Labute approximate surface area is 177 Å². The number of carbonyl (C=O) groups is 2. The van der Waals surface area contributed by atoms with Crippen molar-refractivity contribution < 1.29 is 14.3 Å². The summed E-state index contributed by atoms with van der Waals surface area (Å²) in [5.74, 6) is -0.378. The molecule has 0 bridgehead atoms. The van der Waals surface area contributed by atoms with E-state index in [1.807, 2.05) is 12.1 Å². The Bertz CT molecular complexity index is 916. The molecule has 0 atom stereocenters. The van der Waals surface area contributed by atoms with Crippen molar-refractivity contribution in [3.63, 3.8) is 0 Å². The third-order valence-electron chi connectivity index (χ3n) is 6.88. The van der Waals surface area contributed by atoms with E-state index in [9.17, 15) is 9.59 Å². The van der Waals surface area contributed by atoms with E-state index in [1.165, 1.54) is 12.7 Å². The number of esters is 1. The topological polar surface area (TPSA) is 61.9 Å². The largest absolute Gasteiger partial charge is 0.465 e. The Hall–Kier alpha value is -2.86. The number of hydrogen-bond acceptors (Lipinski definition) is 4. The lowest BCUT2D eigenvalue weighted by Gasteiger charge is -2.48. The monoisotopic (exact) mass is 407 g/mol. The first-order chi connectivity index (χ1) is 14.4. The van der Waals surface area contributed by atoms with Gasteiger partial charge >= 0.3 is 12.0 Å². The Kier molecular flexibility index (Phi) is 5.28. The summed E-state index contributed by atoms with van der Waals surface area (Å²) in [6.45, 7) is 0.641. The molecule has 2 aromatic rings. The second-order valence-corrected chi connectivity index (χ2v) is 8.63. The SMILES string of the molecule is COC(=O)c1ccc(N2CC3(CCC(c4ccccc4)(N(C)C)CC3)NC2=O)cc1. The van der Waals surface area contributed by atoms with Gasteiger partial charge in [0.25, 0.3) is 0 Å². The van der Waals surface area contributed by atoms with Gasteiger partial charge in [-0.05, 0) is 69.6 Å². The lowest BCUT2D eigenvalue weighted by Crippen LogP contribution is -2.54. The molecule has 6 heteroatoms. The third kappa shape index (κ3) is 3.45. The Morgan fingerprint density at radius 3 is 2.20 bits per heavy atom. The molecule has 30 heavy (non-hydrogen) atoms. The fraction of sp³-hybridized carbons (Fsp3) is 0.417. The molecule has 158 valence electrons. The van der Waals surface area contributed by atoms with E-state index < -0.39 is 0 Å². The molecule has 2 aromatic carbocycles. The molecule has 1 aliphatic heterocycles. The second kappa shape index (κ2) is 7.76. The molecule has 0 unspecified atom stereocenters. The van der Waals surface area contributed by atoms with Crippen LogP contribution in [0.4, 0.5) is 10.5 Å². The quantitative estimate of drug-likeness (QED) is 0.784. The van der Waals surface area contributed by atoms with Crippen LogP contribution in [0.1, 0.15) is 41.6 Å². The average Bonchev–Trinajstić information content (AvgIpc) is 3.10. The summed E-state index contributed by atoms with van der Waals surface area (Å²) in [5, 5.41) is 3.27. The van der Waals surface area contributed by atoms with Crippen LogP contribution >= 0.6 is 0 Å². The summed E-state index contributed by atoms with van der Waals surface area (Å²) in [6.07, 6.45) is 3.81. The number of benzene rings is 2. The fourth-order valence-corrected chi connectivity index (χ4v) is 4.98. The molecule has 2 aliphatic rings. The highest BCUT2D eigenvalue weighted by Gasteiger charge is 2.50. The smallest absolute Gasteiger partial charge is 0.337 e. The minimum Gasteiger partial charge on any atom is -0.465 e. The first kappa shape index (κ1) is 20.4. The minimum absolute atomic E-state index is 0.00712. The maximum absolute atomic E-state index is 12.8. The van der Waals surface area contributed by atoms with Crippen LogP contribution in [0, 0.1) is 0 Å². The lowest BCUT2D eigenvalue weighted by atomic mass is 9.69. The molecule has 1 aliphatic carbocycles. The Morgan fingerprint density at radius 2 is 1.63 bits per heavy atom. The van der Waals surface area contributed by atoms with E-state index in [1.54, 1.807) is 17.0 Å². The number of amides is 2. The van der Waals surface area contributed by atoms with E-state index in [0.29, 0.717) is 12.1 Å². The van der Waals surface area contributed by atoms with Gasteiger partial charge in [-0.3, -0.25) is 9.80 Å². The molecule has 6 nitrogen and oxygen atoms in total. The molecule has 1 spiro atoms. The number of nitrogens with one attached hydrogen (secondary N) is 1. The summed E-state index contributed by atoms with van der Waals surface area (Å²) in [7, 11) is 5.65. The minimum atomic E-state index is -0.378. The van der Waals surface area contributed by atoms with Crippen LogP contribution in [0.15, 0.2) is 54.6 Å². The number of anilines is 1. The Balaban J connectivity index is 1.51. The van der Waals surface area contributed by atoms with E-state index in [-0.39, 0.29) is 23.1 Å². The van der Waals surface area contributed by atoms with Gasteiger partial charge in [-0.2, -0.15) is 0 Å². The molecule has 4 rings (SSSR count). The van der Waals surface area contributed by atoms with Gasteiger partial charge in [0.1, 0.15) is 0 Å². The van der Waals surface area contributed by atoms with Gasteiger partial charge in [0.15, 0.2) is 0 Å². The molecule has 1 saturated carbocycles. The molecule has 2 fully saturated rings. The van der Waals surface area contributed by atoms with Crippen LogP contribution in [0.2, 0.25) is 0 Å². The van der Waals surface area contributed by atoms with Crippen molar-refractivity contribution in [2.45, 2.75) is 36.8 Å². The van der Waals surface area contributed by atoms with Gasteiger partial charge in [0.2, 0.25) is 0 Å². The lowest BCUT2D eigenvalue weighted by molar-refractivity contribution is 0.0600. The van der Waals surface area contributed by atoms with Crippen LogP contribution in [0.5, 0.6) is 0 Å². The average molecular weight is 408 g/mol. The molecule has 0 radical (unpaired) electrons. The molecule has 1 heterocycles. The van der Waals surface area contributed by atoms with Gasteiger partial charge in [0.05, 0.1) is 24.8 Å². The first-order valence-corrected chi connectivity index (χ1v) is 10.4. The van der Waals surface area contributed by atoms with Crippen LogP contribution in [-0.4, -0.2) is 50.2 Å². The molecule has 2 amide bonds. The van der Waals surface area contributed by atoms with Crippen LogP contribution in [-0.2, 0) is 10.3 Å². The summed E-state index contributed by atoms with van der Waals surface area (Å²) in [5.41, 5.74) is 2.39. The summed E-state index contributed by atoms with van der Waals surface area (Å²) in [4.78, 5) is 28.6. The van der Waals surface area contributed by atoms with Gasteiger partial charge in [-0.15, -0.1) is 0 Å². The van der Waals surface area contributed by atoms with Crippen molar-refractivity contribution in [2.24, 2.45) is 0 Å². The maximum Gasteiger partial charge on any atom is 0.337 e. The van der Waals surface area contributed by atoms with Gasteiger partial charge in [-0.1, -0.05) is 30.3 Å². The van der Waals surface area contributed by atoms with Crippen molar-refractivity contribution in [1.29, 1.82) is 0 Å². The Morgan fingerprint density at radius 1 is 1.00 bits per heavy atom. The highest BCUT2D eigenvalue weighted by molar-refractivity contribution is 5.96. The van der Waals surface area contributed by atoms with E-state index in [4.69, 9.17) is 4.74 Å².